The molecule has 1 aliphatic heterocycles. The lowest BCUT2D eigenvalue weighted by Crippen LogP contribution is -2.36. The first-order valence-electron chi connectivity index (χ1n) is 7.50. The van der Waals surface area contributed by atoms with Gasteiger partial charge in [-0.05, 0) is 23.8 Å². The molecule has 1 aliphatic rings. The summed E-state index contributed by atoms with van der Waals surface area (Å²) in [5.41, 5.74) is 2.17. The van der Waals surface area contributed by atoms with Crippen LogP contribution in [0.2, 0.25) is 5.02 Å². The zero-order chi connectivity index (χ0) is 16.4. The predicted octanol–water partition coefficient (Wildman–Crippen LogP) is 3.50. The van der Waals surface area contributed by atoms with Gasteiger partial charge in [0, 0.05) is 11.6 Å². The molecule has 0 bridgehead atoms. The van der Waals surface area contributed by atoms with Crippen molar-refractivity contribution in [3.05, 3.63) is 59.1 Å². The minimum atomic E-state index is -0.280. The molecule has 0 saturated heterocycles. The molecular weight excluding hydrogens is 312 g/mol. The maximum atomic E-state index is 12.8. The molecule has 0 unspecified atom stereocenters. The molecule has 5 heteroatoms. The minimum absolute atomic E-state index is 0.0751. The van der Waals surface area contributed by atoms with E-state index >= 15 is 0 Å². The molecular formula is C18H17ClN2O2. The lowest BCUT2D eigenvalue weighted by Gasteiger charge is -2.23. The van der Waals surface area contributed by atoms with Crippen molar-refractivity contribution in [2.24, 2.45) is 5.92 Å². The third kappa shape index (κ3) is 3.22. The van der Waals surface area contributed by atoms with E-state index in [9.17, 15) is 9.59 Å². The zero-order valence-corrected chi connectivity index (χ0v) is 13.5. The molecule has 1 atom stereocenters. The molecule has 0 aliphatic carbocycles. The highest BCUT2D eigenvalue weighted by Crippen LogP contribution is 2.30. The molecule has 0 spiro atoms. The fraction of sp³-hybridized carbons (Fsp3) is 0.222. The normalized spacial score (nSPS) is 17.2. The first kappa shape index (κ1) is 15.6. The van der Waals surface area contributed by atoms with Crippen molar-refractivity contribution in [1.82, 2.24) is 0 Å². The first-order chi connectivity index (χ1) is 11.1. The van der Waals surface area contributed by atoms with E-state index in [0.29, 0.717) is 17.3 Å². The van der Waals surface area contributed by atoms with Gasteiger partial charge in [-0.15, -0.1) is 0 Å². The number of amides is 2. The second-order valence-electron chi connectivity index (χ2n) is 5.68. The van der Waals surface area contributed by atoms with Crippen molar-refractivity contribution < 1.29 is 9.59 Å². The lowest BCUT2D eigenvalue weighted by atomic mass is 10.1. The number of nitrogens with zero attached hydrogens (tertiary/aromatic N) is 1. The summed E-state index contributed by atoms with van der Waals surface area (Å²) < 4.78 is 0. The van der Waals surface area contributed by atoms with E-state index in [4.69, 9.17) is 11.6 Å². The van der Waals surface area contributed by atoms with Crippen molar-refractivity contribution in [1.29, 1.82) is 0 Å². The van der Waals surface area contributed by atoms with Crippen LogP contribution in [0.4, 0.5) is 11.4 Å². The van der Waals surface area contributed by atoms with Gasteiger partial charge in [0.1, 0.15) is 0 Å². The number of carbonyl (C=O) groups is 2. The van der Waals surface area contributed by atoms with Gasteiger partial charge in [0.25, 0.3) is 0 Å². The van der Waals surface area contributed by atoms with Gasteiger partial charge in [-0.1, -0.05) is 48.9 Å². The fourth-order valence-electron chi connectivity index (χ4n) is 2.66. The highest BCUT2D eigenvalue weighted by molar-refractivity contribution is 6.31. The molecule has 2 aromatic rings. The molecule has 0 aromatic heterocycles. The van der Waals surface area contributed by atoms with E-state index < -0.39 is 0 Å². The average molecular weight is 329 g/mol. The SMILES string of the molecule is C[C@@H]1CN(C(=O)Cc2ccccc2Cl)c2ccccc2NC1=O. The molecule has 4 nitrogen and oxygen atoms in total. The summed E-state index contributed by atoms with van der Waals surface area (Å²) in [7, 11) is 0. The van der Waals surface area contributed by atoms with Crippen LogP contribution in [0.3, 0.4) is 0 Å². The molecule has 1 heterocycles. The topological polar surface area (TPSA) is 49.4 Å². The predicted molar refractivity (Wildman–Crippen MR) is 91.7 cm³/mol. The molecule has 23 heavy (non-hydrogen) atoms. The third-order valence-electron chi connectivity index (χ3n) is 3.96. The number of carbonyl (C=O) groups excluding carboxylic acids is 2. The Hall–Kier alpha value is -2.33. The van der Waals surface area contributed by atoms with Crippen molar-refractivity contribution >= 4 is 34.8 Å². The Morgan fingerprint density at radius 2 is 1.91 bits per heavy atom. The number of benzene rings is 2. The van der Waals surface area contributed by atoms with Crippen molar-refractivity contribution in [2.75, 3.05) is 16.8 Å². The van der Waals surface area contributed by atoms with E-state index in [1.807, 2.05) is 43.3 Å². The molecule has 1 N–H and O–H groups in total. The average Bonchev–Trinajstić information content (AvgIpc) is 2.67. The standard InChI is InChI=1S/C18H17ClN2O2/c1-12-11-21(16-9-5-4-8-15(16)20-18(12)23)17(22)10-13-6-2-3-7-14(13)19/h2-9,12H,10-11H2,1H3,(H,20,23)/t12-/m1/s1. The Balaban J connectivity index is 1.93. The van der Waals surface area contributed by atoms with Crippen LogP contribution >= 0.6 is 11.6 Å². The van der Waals surface area contributed by atoms with Crippen LogP contribution in [0.25, 0.3) is 0 Å². The number of rotatable bonds is 2. The van der Waals surface area contributed by atoms with E-state index in [1.54, 1.807) is 17.0 Å². The fourth-order valence-corrected chi connectivity index (χ4v) is 2.86. The molecule has 2 amide bonds. The first-order valence-corrected chi connectivity index (χ1v) is 7.87. The van der Waals surface area contributed by atoms with E-state index in [-0.39, 0.29) is 24.2 Å². The maximum absolute atomic E-state index is 12.8. The van der Waals surface area contributed by atoms with Gasteiger partial charge in [0.2, 0.25) is 11.8 Å². The molecule has 2 aromatic carbocycles. The third-order valence-corrected chi connectivity index (χ3v) is 4.33. The zero-order valence-electron chi connectivity index (χ0n) is 12.8. The van der Waals surface area contributed by atoms with E-state index in [2.05, 4.69) is 5.32 Å². The Labute approximate surface area is 140 Å². The number of fused-ring (bicyclic) bond motifs is 1. The van der Waals surface area contributed by atoms with Crippen LogP contribution < -0.4 is 10.2 Å². The summed E-state index contributed by atoms with van der Waals surface area (Å²) in [6.45, 7) is 2.17. The van der Waals surface area contributed by atoms with Crippen LogP contribution in [0.15, 0.2) is 48.5 Å². The van der Waals surface area contributed by atoms with Gasteiger partial charge in [-0.25, -0.2) is 0 Å². The maximum Gasteiger partial charge on any atom is 0.231 e. The number of hydrogen-bond donors (Lipinski definition) is 1. The van der Waals surface area contributed by atoms with Crippen LogP contribution in [-0.4, -0.2) is 18.4 Å². The molecule has 0 fully saturated rings. The molecule has 0 saturated carbocycles. The van der Waals surface area contributed by atoms with Crippen molar-refractivity contribution in [3.63, 3.8) is 0 Å². The highest BCUT2D eigenvalue weighted by atomic mass is 35.5. The summed E-state index contributed by atoms with van der Waals surface area (Å²) in [6.07, 6.45) is 0.203. The lowest BCUT2D eigenvalue weighted by molar-refractivity contribution is -0.119. The monoisotopic (exact) mass is 328 g/mol. The van der Waals surface area contributed by atoms with Crippen molar-refractivity contribution in [2.45, 2.75) is 13.3 Å². The second kappa shape index (κ2) is 6.42. The van der Waals surface area contributed by atoms with Gasteiger partial charge in [0.05, 0.1) is 23.7 Å². The van der Waals surface area contributed by atoms with E-state index in [1.165, 1.54) is 0 Å². The van der Waals surface area contributed by atoms with Gasteiger partial charge in [0.15, 0.2) is 0 Å². The number of nitrogens with one attached hydrogen (secondary N) is 1. The summed E-state index contributed by atoms with van der Waals surface area (Å²) in [6, 6.07) is 14.7. The van der Waals surface area contributed by atoms with Crippen molar-refractivity contribution in [3.8, 4) is 0 Å². The summed E-state index contributed by atoms with van der Waals surface area (Å²) in [5.74, 6) is -0.433. The summed E-state index contributed by atoms with van der Waals surface area (Å²) in [5, 5.41) is 3.45. The second-order valence-corrected chi connectivity index (χ2v) is 6.09. The number of hydrogen-bond acceptors (Lipinski definition) is 2. The van der Waals surface area contributed by atoms with E-state index in [0.717, 1.165) is 11.3 Å². The number of halogens is 1. The Morgan fingerprint density at radius 1 is 1.22 bits per heavy atom. The summed E-state index contributed by atoms with van der Waals surface area (Å²) in [4.78, 5) is 26.6. The van der Waals surface area contributed by atoms with Gasteiger partial charge < -0.3 is 10.2 Å². The number of para-hydroxylation sites is 2. The number of anilines is 2. The molecule has 0 radical (unpaired) electrons. The van der Waals surface area contributed by atoms with Crippen LogP contribution in [0.1, 0.15) is 12.5 Å². The van der Waals surface area contributed by atoms with Crippen LogP contribution in [0, 0.1) is 5.92 Å². The smallest absolute Gasteiger partial charge is 0.231 e. The van der Waals surface area contributed by atoms with Crippen LogP contribution in [0.5, 0.6) is 0 Å². The molecule has 118 valence electrons. The quantitative estimate of drug-likeness (QED) is 0.917. The largest absolute Gasteiger partial charge is 0.324 e. The molecule has 3 rings (SSSR count). The van der Waals surface area contributed by atoms with Gasteiger partial charge >= 0.3 is 0 Å². The van der Waals surface area contributed by atoms with Gasteiger partial charge in [-0.2, -0.15) is 0 Å². The highest BCUT2D eigenvalue weighted by Gasteiger charge is 2.28. The van der Waals surface area contributed by atoms with Crippen LogP contribution in [-0.2, 0) is 16.0 Å². The Kier molecular flexibility index (Phi) is 4.35. The summed E-state index contributed by atoms with van der Waals surface area (Å²) >= 11 is 6.15. The minimum Gasteiger partial charge on any atom is -0.324 e. The Morgan fingerprint density at radius 3 is 2.70 bits per heavy atom. The Bertz CT molecular complexity index is 760. The van der Waals surface area contributed by atoms with Gasteiger partial charge in [-0.3, -0.25) is 9.59 Å².